The molecule has 3 rings (SSSR count). The summed E-state index contributed by atoms with van der Waals surface area (Å²) >= 11 is 6.08. The summed E-state index contributed by atoms with van der Waals surface area (Å²) in [6, 6.07) is 7.86. The number of hydrogen-bond donors (Lipinski definition) is 0. The highest BCUT2D eigenvalue weighted by Gasteiger charge is 2.27. The molecule has 1 fully saturated rings. The van der Waals surface area contributed by atoms with E-state index in [1.54, 1.807) is 0 Å². The Morgan fingerprint density at radius 1 is 1.14 bits per heavy atom. The molecule has 2 nitrogen and oxygen atoms in total. The van der Waals surface area contributed by atoms with Crippen LogP contribution in [0.5, 0.6) is 0 Å². The van der Waals surface area contributed by atoms with Gasteiger partial charge in [0.25, 0.3) is 0 Å². The van der Waals surface area contributed by atoms with Crippen LogP contribution in [-0.2, 0) is 0 Å². The molecule has 0 unspecified atom stereocenters. The third kappa shape index (κ3) is 1.26. The topological polar surface area (TPSA) is 25.8 Å². The lowest BCUT2D eigenvalue weighted by atomic mass is 10.2. The molecule has 14 heavy (non-hydrogen) atoms. The van der Waals surface area contributed by atoms with E-state index >= 15 is 0 Å². The molecule has 0 bridgehead atoms. The van der Waals surface area contributed by atoms with Gasteiger partial charge in [0.2, 0.25) is 0 Å². The summed E-state index contributed by atoms with van der Waals surface area (Å²) in [5.74, 6) is 1.46. The third-order valence-corrected chi connectivity index (χ3v) is 2.80. The van der Waals surface area contributed by atoms with Crippen LogP contribution in [0.4, 0.5) is 0 Å². The van der Waals surface area contributed by atoms with Gasteiger partial charge in [0.05, 0.1) is 5.52 Å². The van der Waals surface area contributed by atoms with Crippen molar-refractivity contribution in [3.05, 3.63) is 35.2 Å². The van der Waals surface area contributed by atoms with Crippen molar-refractivity contribution < 1.29 is 0 Å². The monoisotopic (exact) mass is 204 g/mol. The van der Waals surface area contributed by atoms with E-state index in [4.69, 9.17) is 11.6 Å². The normalized spacial score (nSPS) is 16.1. The van der Waals surface area contributed by atoms with Gasteiger partial charge >= 0.3 is 0 Å². The van der Waals surface area contributed by atoms with Crippen molar-refractivity contribution >= 4 is 22.5 Å². The Bertz CT molecular complexity index is 492. The van der Waals surface area contributed by atoms with Crippen LogP contribution in [0.15, 0.2) is 24.3 Å². The number of rotatable bonds is 1. The van der Waals surface area contributed by atoms with Gasteiger partial charge in [0, 0.05) is 11.3 Å². The van der Waals surface area contributed by atoms with Crippen molar-refractivity contribution in [3.8, 4) is 0 Å². The fraction of sp³-hybridized carbons (Fsp3) is 0.273. The maximum Gasteiger partial charge on any atom is 0.140 e. The Kier molecular flexibility index (Phi) is 1.71. The lowest BCUT2D eigenvalue weighted by Crippen LogP contribution is -1.93. The van der Waals surface area contributed by atoms with E-state index in [9.17, 15) is 0 Å². The fourth-order valence-corrected chi connectivity index (χ4v) is 1.83. The second kappa shape index (κ2) is 2.92. The Morgan fingerprint density at radius 2 is 1.93 bits per heavy atom. The van der Waals surface area contributed by atoms with Crippen LogP contribution >= 0.6 is 11.6 Å². The van der Waals surface area contributed by atoms with Gasteiger partial charge in [0.1, 0.15) is 11.0 Å². The summed E-state index contributed by atoms with van der Waals surface area (Å²) in [4.78, 5) is 8.82. The Morgan fingerprint density at radius 3 is 2.71 bits per heavy atom. The SMILES string of the molecule is Clc1nc(C2CC2)nc2ccccc12. The summed E-state index contributed by atoms with van der Waals surface area (Å²) in [6.07, 6.45) is 2.41. The lowest BCUT2D eigenvalue weighted by Gasteiger charge is -2.02. The lowest BCUT2D eigenvalue weighted by molar-refractivity contribution is 0.948. The van der Waals surface area contributed by atoms with Gasteiger partial charge in [-0.25, -0.2) is 9.97 Å². The van der Waals surface area contributed by atoms with Crippen LogP contribution in [0.25, 0.3) is 10.9 Å². The molecule has 3 heteroatoms. The van der Waals surface area contributed by atoms with E-state index in [0.717, 1.165) is 16.7 Å². The van der Waals surface area contributed by atoms with Crippen LogP contribution in [0.3, 0.4) is 0 Å². The molecule has 1 aliphatic rings. The number of fused-ring (bicyclic) bond motifs is 1. The molecule has 1 aliphatic carbocycles. The van der Waals surface area contributed by atoms with Crippen LogP contribution in [0.2, 0.25) is 5.15 Å². The second-order valence-electron chi connectivity index (χ2n) is 3.66. The zero-order valence-corrected chi connectivity index (χ0v) is 8.33. The van der Waals surface area contributed by atoms with Gasteiger partial charge in [0.15, 0.2) is 0 Å². The molecule has 1 aromatic carbocycles. The maximum absolute atomic E-state index is 6.08. The molecule has 0 radical (unpaired) electrons. The highest BCUT2D eigenvalue weighted by Crippen LogP contribution is 2.39. The van der Waals surface area contributed by atoms with Crippen LogP contribution in [0, 0.1) is 0 Å². The Balaban J connectivity index is 2.27. The molecule has 1 aromatic heterocycles. The smallest absolute Gasteiger partial charge is 0.140 e. The number of hydrogen-bond acceptors (Lipinski definition) is 2. The van der Waals surface area contributed by atoms with E-state index in [1.807, 2.05) is 24.3 Å². The van der Waals surface area contributed by atoms with E-state index in [2.05, 4.69) is 9.97 Å². The Hall–Kier alpha value is -1.15. The standard InChI is InChI=1S/C11H9ClN2/c12-10-8-3-1-2-4-9(8)13-11(14-10)7-5-6-7/h1-4,7H,5-6H2. The quantitative estimate of drug-likeness (QED) is 0.667. The molecule has 2 aromatic rings. The highest BCUT2D eigenvalue weighted by atomic mass is 35.5. The summed E-state index contributed by atoms with van der Waals surface area (Å²) in [5, 5.41) is 1.52. The van der Waals surface area contributed by atoms with Crippen LogP contribution in [-0.4, -0.2) is 9.97 Å². The van der Waals surface area contributed by atoms with Crippen molar-refractivity contribution in [1.29, 1.82) is 0 Å². The first kappa shape index (κ1) is 8.18. The molecule has 0 spiro atoms. The van der Waals surface area contributed by atoms with Crippen molar-refractivity contribution in [2.45, 2.75) is 18.8 Å². The summed E-state index contributed by atoms with van der Waals surface area (Å²) in [6.45, 7) is 0. The average Bonchev–Trinajstić information content (AvgIpc) is 3.01. The first-order valence-corrected chi connectivity index (χ1v) is 5.14. The first-order valence-electron chi connectivity index (χ1n) is 4.77. The predicted molar refractivity (Wildman–Crippen MR) is 56.5 cm³/mol. The zero-order valence-electron chi connectivity index (χ0n) is 7.57. The number of benzene rings is 1. The summed E-state index contributed by atoms with van der Waals surface area (Å²) < 4.78 is 0. The van der Waals surface area contributed by atoms with Crippen molar-refractivity contribution in [3.63, 3.8) is 0 Å². The second-order valence-corrected chi connectivity index (χ2v) is 4.02. The predicted octanol–water partition coefficient (Wildman–Crippen LogP) is 3.16. The number of nitrogens with zero attached hydrogens (tertiary/aromatic N) is 2. The van der Waals surface area contributed by atoms with Gasteiger partial charge in [-0.05, 0) is 25.0 Å². The van der Waals surface area contributed by atoms with Gasteiger partial charge < -0.3 is 0 Å². The minimum atomic E-state index is 0.553. The van der Waals surface area contributed by atoms with Gasteiger partial charge in [-0.15, -0.1) is 0 Å². The minimum absolute atomic E-state index is 0.553. The molecular weight excluding hydrogens is 196 g/mol. The molecule has 70 valence electrons. The number of halogens is 1. The molecule has 0 amide bonds. The summed E-state index contributed by atoms with van der Waals surface area (Å²) in [7, 11) is 0. The molecule has 0 N–H and O–H groups in total. The van der Waals surface area contributed by atoms with E-state index < -0.39 is 0 Å². The van der Waals surface area contributed by atoms with E-state index in [1.165, 1.54) is 12.8 Å². The molecule has 0 saturated heterocycles. The van der Waals surface area contributed by atoms with Crippen molar-refractivity contribution in [1.82, 2.24) is 9.97 Å². The van der Waals surface area contributed by atoms with Crippen LogP contribution in [0.1, 0.15) is 24.6 Å². The number of para-hydroxylation sites is 1. The number of aromatic nitrogens is 2. The van der Waals surface area contributed by atoms with Crippen molar-refractivity contribution in [2.24, 2.45) is 0 Å². The molecule has 0 aliphatic heterocycles. The van der Waals surface area contributed by atoms with E-state index in [0.29, 0.717) is 11.1 Å². The minimum Gasteiger partial charge on any atom is -0.232 e. The summed E-state index contributed by atoms with van der Waals surface area (Å²) in [5.41, 5.74) is 0.953. The molecule has 1 saturated carbocycles. The van der Waals surface area contributed by atoms with Crippen LogP contribution < -0.4 is 0 Å². The van der Waals surface area contributed by atoms with Crippen molar-refractivity contribution in [2.75, 3.05) is 0 Å². The van der Waals surface area contributed by atoms with Gasteiger partial charge in [-0.1, -0.05) is 23.7 Å². The largest absolute Gasteiger partial charge is 0.232 e. The third-order valence-electron chi connectivity index (χ3n) is 2.52. The van der Waals surface area contributed by atoms with Gasteiger partial charge in [-0.2, -0.15) is 0 Å². The van der Waals surface area contributed by atoms with Gasteiger partial charge in [-0.3, -0.25) is 0 Å². The zero-order chi connectivity index (χ0) is 9.54. The highest BCUT2D eigenvalue weighted by molar-refractivity contribution is 6.34. The first-order chi connectivity index (χ1) is 6.84. The molecule has 0 atom stereocenters. The Labute approximate surface area is 86.9 Å². The average molecular weight is 205 g/mol. The fourth-order valence-electron chi connectivity index (χ4n) is 1.58. The molecular formula is C11H9ClN2. The maximum atomic E-state index is 6.08. The molecule has 1 heterocycles. The van der Waals surface area contributed by atoms with E-state index in [-0.39, 0.29) is 0 Å².